The molecule has 1 aliphatic heterocycles. The highest BCUT2D eigenvalue weighted by Gasteiger charge is 2.65. The number of carbonyl (C=O) groups excluding carboxylic acids is 2. The minimum absolute atomic E-state index is 0.0693. The molecule has 2 rings (SSSR count). The van der Waals surface area contributed by atoms with E-state index in [1.807, 2.05) is 4.90 Å². The van der Waals surface area contributed by atoms with Gasteiger partial charge in [0, 0.05) is 26.1 Å². The highest BCUT2D eigenvalue weighted by molar-refractivity contribution is 5.91. The summed E-state index contributed by atoms with van der Waals surface area (Å²) in [6.45, 7) is 5.48. The van der Waals surface area contributed by atoms with Gasteiger partial charge in [0.1, 0.15) is 0 Å². The topological polar surface area (TPSA) is 86.7 Å². The van der Waals surface area contributed by atoms with E-state index in [4.69, 9.17) is 5.11 Å². The summed E-state index contributed by atoms with van der Waals surface area (Å²) < 4.78 is 0. The Kier molecular flexibility index (Phi) is 4.54. The average molecular weight is 296 g/mol. The van der Waals surface area contributed by atoms with Crippen molar-refractivity contribution < 1.29 is 19.5 Å². The molecule has 1 aliphatic carbocycles. The van der Waals surface area contributed by atoms with Crippen LogP contribution in [0, 0.1) is 17.3 Å². The molecule has 2 atom stereocenters. The highest BCUT2D eigenvalue weighted by atomic mass is 16.4. The van der Waals surface area contributed by atoms with E-state index < -0.39 is 23.2 Å². The van der Waals surface area contributed by atoms with Crippen molar-refractivity contribution in [3.05, 3.63) is 0 Å². The SMILES string of the molecule is CC1(C)[C@H](C(=O)O)[C@@H]1C(=O)NCCC(=O)N1CCCCC1. The molecule has 1 saturated heterocycles. The fourth-order valence-corrected chi connectivity index (χ4v) is 3.29. The fourth-order valence-electron chi connectivity index (χ4n) is 3.29. The van der Waals surface area contributed by atoms with Gasteiger partial charge < -0.3 is 15.3 Å². The summed E-state index contributed by atoms with van der Waals surface area (Å²) in [5.41, 5.74) is -0.493. The lowest BCUT2D eigenvalue weighted by Gasteiger charge is -2.26. The van der Waals surface area contributed by atoms with E-state index in [1.165, 1.54) is 6.42 Å². The van der Waals surface area contributed by atoms with Crippen molar-refractivity contribution in [2.75, 3.05) is 19.6 Å². The molecule has 0 radical (unpaired) electrons. The third-order valence-corrected chi connectivity index (χ3v) is 4.72. The van der Waals surface area contributed by atoms with E-state index >= 15 is 0 Å². The molecule has 0 unspecified atom stereocenters. The van der Waals surface area contributed by atoms with Crippen molar-refractivity contribution in [1.82, 2.24) is 10.2 Å². The first-order valence-corrected chi connectivity index (χ1v) is 7.64. The number of likely N-dealkylation sites (tertiary alicyclic amines) is 1. The molecule has 1 saturated carbocycles. The number of piperidine rings is 1. The zero-order chi connectivity index (χ0) is 15.6. The Balaban J connectivity index is 1.72. The normalized spacial score (nSPS) is 27.0. The maximum atomic E-state index is 12.0. The largest absolute Gasteiger partial charge is 0.481 e. The molecule has 21 heavy (non-hydrogen) atoms. The summed E-state index contributed by atoms with van der Waals surface area (Å²) in [5, 5.41) is 11.8. The molecule has 2 N–H and O–H groups in total. The monoisotopic (exact) mass is 296 g/mol. The number of rotatable bonds is 5. The number of aliphatic carboxylic acids is 1. The number of carboxylic acid groups (broad SMARTS) is 1. The summed E-state index contributed by atoms with van der Waals surface area (Å²) in [7, 11) is 0. The third-order valence-electron chi connectivity index (χ3n) is 4.72. The van der Waals surface area contributed by atoms with Crippen LogP contribution in [0.4, 0.5) is 0 Å². The molecule has 0 aromatic rings. The first-order chi connectivity index (χ1) is 9.85. The molecule has 2 amide bonds. The standard InChI is InChI=1S/C15H24N2O4/c1-15(2)11(12(15)14(20)21)13(19)16-7-6-10(18)17-8-4-3-5-9-17/h11-12H,3-9H2,1-2H3,(H,16,19)(H,20,21)/t11-,12+/m1/s1. The van der Waals surface area contributed by atoms with Gasteiger partial charge in [0.05, 0.1) is 11.8 Å². The second-order valence-corrected chi connectivity index (χ2v) is 6.60. The second kappa shape index (κ2) is 6.03. The molecule has 0 aromatic carbocycles. The zero-order valence-corrected chi connectivity index (χ0v) is 12.7. The van der Waals surface area contributed by atoms with Gasteiger partial charge in [-0.1, -0.05) is 13.8 Å². The Labute approximate surface area is 124 Å². The molecule has 0 bridgehead atoms. The van der Waals surface area contributed by atoms with Crippen LogP contribution in [-0.4, -0.2) is 47.4 Å². The molecular formula is C15H24N2O4. The minimum Gasteiger partial charge on any atom is -0.481 e. The van der Waals surface area contributed by atoms with Gasteiger partial charge >= 0.3 is 5.97 Å². The quantitative estimate of drug-likeness (QED) is 0.788. The van der Waals surface area contributed by atoms with Gasteiger partial charge in [-0.25, -0.2) is 0 Å². The van der Waals surface area contributed by atoms with Crippen molar-refractivity contribution in [2.24, 2.45) is 17.3 Å². The van der Waals surface area contributed by atoms with Crippen LogP contribution in [0.25, 0.3) is 0 Å². The molecule has 6 heteroatoms. The molecular weight excluding hydrogens is 272 g/mol. The Morgan fingerprint density at radius 2 is 1.76 bits per heavy atom. The van der Waals surface area contributed by atoms with E-state index in [0.29, 0.717) is 0 Å². The number of nitrogens with zero attached hydrogens (tertiary/aromatic N) is 1. The Hall–Kier alpha value is -1.59. The van der Waals surface area contributed by atoms with Crippen molar-refractivity contribution in [2.45, 2.75) is 39.5 Å². The maximum Gasteiger partial charge on any atom is 0.307 e. The van der Waals surface area contributed by atoms with Gasteiger partial charge in [-0.15, -0.1) is 0 Å². The maximum absolute atomic E-state index is 12.0. The van der Waals surface area contributed by atoms with E-state index in [9.17, 15) is 14.4 Å². The van der Waals surface area contributed by atoms with Gasteiger partial charge in [-0.05, 0) is 24.7 Å². The van der Waals surface area contributed by atoms with Gasteiger partial charge in [0.15, 0.2) is 0 Å². The first-order valence-electron chi connectivity index (χ1n) is 7.64. The van der Waals surface area contributed by atoms with Crippen LogP contribution in [0.15, 0.2) is 0 Å². The molecule has 0 aromatic heterocycles. The molecule has 118 valence electrons. The van der Waals surface area contributed by atoms with Crippen LogP contribution >= 0.6 is 0 Å². The number of nitrogens with one attached hydrogen (secondary N) is 1. The van der Waals surface area contributed by atoms with Crippen molar-refractivity contribution in [3.8, 4) is 0 Å². The first kappa shape index (κ1) is 15.8. The smallest absolute Gasteiger partial charge is 0.307 e. The molecule has 0 spiro atoms. The van der Waals surface area contributed by atoms with Crippen LogP contribution in [0.5, 0.6) is 0 Å². The lowest BCUT2D eigenvalue weighted by atomic mass is 10.1. The number of carboxylic acids is 1. The lowest BCUT2D eigenvalue weighted by molar-refractivity contribution is -0.140. The lowest BCUT2D eigenvalue weighted by Crippen LogP contribution is -2.38. The molecule has 6 nitrogen and oxygen atoms in total. The van der Waals surface area contributed by atoms with E-state index in [-0.39, 0.29) is 24.8 Å². The Bertz CT molecular complexity index is 441. The zero-order valence-electron chi connectivity index (χ0n) is 12.7. The Morgan fingerprint density at radius 1 is 1.14 bits per heavy atom. The average Bonchev–Trinajstić information content (AvgIpc) is 3.02. The van der Waals surface area contributed by atoms with Crippen molar-refractivity contribution >= 4 is 17.8 Å². The van der Waals surface area contributed by atoms with Crippen molar-refractivity contribution in [3.63, 3.8) is 0 Å². The molecule has 1 heterocycles. The number of hydrogen-bond acceptors (Lipinski definition) is 3. The van der Waals surface area contributed by atoms with Crippen LogP contribution in [0.3, 0.4) is 0 Å². The second-order valence-electron chi connectivity index (χ2n) is 6.60. The van der Waals surface area contributed by atoms with Crippen molar-refractivity contribution in [1.29, 1.82) is 0 Å². The summed E-state index contributed by atoms with van der Waals surface area (Å²) in [5.74, 6) is -2.21. The van der Waals surface area contributed by atoms with E-state index in [0.717, 1.165) is 25.9 Å². The summed E-state index contributed by atoms with van der Waals surface area (Å²) in [6.07, 6.45) is 3.56. The molecule has 2 aliphatic rings. The number of carbonyl (C=O) groups is 3. The number of amides is 2. The fraction of sp³-hybridized carbons (Fsp3) is 0.800. The summed E-state index contributed by atoms with van der Waals surface area (Å²) in [4.78, 5) is 36.8. The predicted molar refractivity (Wildman–Crippen MR) is 76.5 cm³/mol. The van der Waals surface area contributed by atoms with E-state index in [1.54, 1.807) is 13.8 Å². The summed E-state index contributed by atoms with van der Waals surface area (Å²) >= 11 is 0. The Morgan fingerprint density at radius 3 is 2.29 bits per heavy atom. The van der Waals surface area contributed by atoms with Gasteiger partial charge in [-0.2, -0.15) is 0 Å². The van der Waals surface area contributed by atoms with Crippen LogP contribution in [0.2, 0.25) is 0 Å². The van der Waals surface area contributed by atoms with Crippen LogP contribution in [0.1, 0.15) is 39.5 Å². The summed E-state index contributed by atoms with van der Waals surface area (Å²) in [6, 6.07) is 0. The molecule has 2 fully saturated rings. The predicted octanol–water partition coefficient (Wildman–Crippen LogP) is 0.862. The van der Waals surface area contributed by atoms with Crippen LogP contribution < -0.4 is 5.32 Å². The van der Waals surface area contributed by atoms with Gasteiger partial charge in [0.2, 0.25) is 11.8 Å². The minimum atomic E-state index is -0.926. The van der Waals surface area contributed by atoms with E-state index in [2.05, 4.69) is 5.32 Å². The van der Waals surface area contributed by atoms with Crippen LogP contribution in [-0.2, 0) is 14.4 Å². The van der Waals surface area contributed by atoms with Gasteiger partial charge in [0.25, 0.3) is 0 Å². The third kappa shape index (κ3) is 3.36. The van der Waals surface area contributed by atoms with Gasteiger partial charge in [-0.3, -0.25) is 14.4 Å². The number of hydrogen-bond donors (Lipinski definition) is 2. The highest BCUT2D eigenvalue weighted by Crippen LogP contribution is 2.58.